The number of aliphatic hydroxyl groups excluding tert-OH is 1. The summed E-state index contributed by atoms with van der Waals surface area (Å²) in [6.07, 6.45) is 2.59. The second-order valence-electron chi connectivity index (χ2n) is 4.17. The lowest BCUT2D eigenvalue weighted by Gasteiger charge is -2.19. The van der Waals surface area contributed by atoms with Crippen molar-refractivity contribution in [3.8, 4) is 0 Å². The summed E-state index contributed by atoms with van der Waals surface area (Å²) >= 11 is 3.54. The van der Waals surface area contributed by atoms with Crippen molar-refractivity contribution in [2.75, 3.05) is 36.5 Å². The second kappa shape index (κ2) is 5.64. The highest BCUT2D eigenvalue weighted by Crippen LogP contribution is 2.32. The van der Waals surface area contributed by atoms with E-state index in [4.69, 9.17) is 5.11 Å². The molecule has 2 rings (SSSR count). The summed E-state index contributed by atoms with van der Waals surface area (Å²) in [5, 5.41) is 12.3. The first-order chi connectivity index (χ1) is 8.26. The number of nitrogens with one attached hydrogen (secondary N) is 1. The van der Waals surface area contributed by atoms with Crippen LogP contribution in [0.4, 0.5) is 11.6 Å². The zero-order chi connectivity index (χ0) is 12.3. The summed E-state index contributed by atoms with van der Waals surface area (Å²) in [6.45, 7) is 4.91. The number of rotatable bonds is 4. The van der Waals surface area contributed by atoms with E-state index in [9.17, 15) is 0 Å². The molecule has 5 nitrogen and oxygen atoms in total. The molecule has 1 aromatic heterocycles. The lowest BCUT2D eigenvalue weighted by molar-refractivity contribution is 0.238. The van der Waals surface area contributed by atoms with Gasteiger partial charge in [0, 0.05) is 32.2 Å². The molecule has 1 aromatic rings. The molecule has 1 fully saturated rings. The van der Waals surface area contributed by atoms with Crippen molar-refractivity contribution in [3.63, 3.8) is 0 Å². The summed E-state index contributed by atoms with van der Waals surface area (Å²) < 4.78 is 0.903. The van der Waals surface area contributed by atoms with Gasteiger partial charge >= 0.3 is 0 Å². The van der Waals surface area contributed by atoms with Gasteiger partial charge in [-0.1, -0.05) is 0 Å². The quantitative estimate of drug-likeness (QED) is 0.882. The monoisotopic (exact) mass is 300 g/mol. The van der Waals surface area contributed by atoms with E-state index in [0.29, 0.717) is 5.92 Å². The largest absolute Gasteiger partial charge is 0.396 e. The minimum absolute atomic E-state index is 0.249. The van der Waals surface area contributed by atoms with Crippen LogP contribution in [0.15, 0.2) is 10.8 Å². The molecule has 94 valence electrons. The van der Waals surface area contributed by atoms with Gasteiger partial charge in [0.2, 0.25) is 0 Å². The molecule has 0 aromatic carbocycles. The highest BCUT2D eigenvalue weighted by atomic mass is 79.9. The number of anilines is 2. The molecule has 2 N–H and O–H groups in total. The van der Waals surface area contributed by atoms with Gasteiger partial charge in [-0.2, -0.15) is 0 Å². The summed E-state index contributed by atoms with van der Waals surface area (Å²) in [4.78, 5) is 10.7. The normalized spacial score (nSPS) is 19.7. The van der Waals surface area contributed by atoms with Crippen LogP contribution in [-0.4, -0.2) is 41.3 Å². The average Bonchev–Trinajstić information content (AvgIpc) is 2.80. The van der Waals surface area contributed by atoms with Crippen molar-refractivity contribution in [3.05, 3.63) is 10.8 Å². The van der Waals surface area contributed by atoms with E-state index in [1.54, 1.807) is 6.33 Å². The maximum absolute atomic E-state index is 9.16. The maximum atomic E-state index is 9.16. The predicted molar refractivity (Wildman–Crippen MR) is 71.3 cm³/mol. The fraction of sp³-hybridized carbons (Fsp3) is 0.636. The van der Waals surface area contributed by atoms with Crippen molar-refractivity contribution in [1.82, 2.24) is 9.97 Å². The van der Waals surface area contributed by atoms with Gasteiger partial charge in [-0.3, -0.25) is 0 Å². The Kier molecular flexibility index (Phi) is 4.17. The summed E-state index contributed by atoms with van der Waals surface area (Å²) in [5.41, 5.74) is 0. The Morgan fingerprint density at radius 3 is 3.06 bits per heavy atom. The van der Waals surface area contributed by atoms with E-state index in [-0.39, 0.29) is 6.61 Å². The molecular weight excluding hydrogens is 284 g/mol. The molecule has 17 heavy (non-hydrogen) atoms. The van der Waals surface area contributed by atoms with Crippen molar-refractivity contribution in [1.29, 1.82) is 0 Å². The minimum atomic E-state index is 0.249. The van der Waals surface area contributed by atoms with Crippen molar-refractivity contribution < 1.29 is 5.11 Å². The first-order valence-corrected chi connectivity index (χ1v) is 6.65. The van der Waals surface area contributed by atoms with Gasteiger partial charge in [0.25, 0.3) is 0 Å². The fourth-order valence-corrected chi connectivity index (χ4v) is 2.64. The molecule has 2 heterocycles. The molecule has 0 aliphatic carbocycles. The van der Waals surface area contributed by atoms with E-state index < -0.39 is 0 Å². The first kappa shape index (κ1) is 12.6. The second-order valence-corrected chi connectivity index (χ2v) is 4.97. The predicted octanol–water partition coefficient (Wildman–Crippen LogP) is 1.49. The third-order valence-corrected chi connectivity index (χ3v) is 3.69. The first-order valence-electron chi connectivity index (χ1n) is 5.86. The lowest BCUT2D eigenvalue weighted by Crippen LogP contribution is -2.22. The number of aliphatic hydroxyl groups is 1. The van der Waals surface area contributed by atoms with Crippen LogP contribution >= 0.6 is 15.9 Å². The van der Waals surface area contributed by atoms with Crippen LogP contribution < -0.4 is 10.2 Å². The molecule has 6 heteroatoms. The molecule has 1 aliphatic rings. The topological polar surface area (TPSA) is 61.3 Å². The summed E-state index contributed by atoms with van der Waals surface area (Å²) in [7, 11) is 0. The summed E-state index contributed by atoms with van der Waals surface area (Å²) in [6, 6.07) is 0. The molecule has 1 unspecified atom stereocenters. The van der Waals surface area contributed by atoms with Gasteiger partial charge < -0.3 is 15.3 Å². The lowest BCUT2D eigenvalue weighted by atomic mass is 10.1. The Hall–Kier alpha value is -0.880. The van der Waals surface area contributed by atoms with Crippen LogP contribution in [-0.2, 0) is 0 Å². The molecule has 0 bridgehead atoms. The standard InChI is InChI=1S/C11H17BrN4O/c1-2-13-10-9(12)11(15-7-14-10)16-4-3-8(5-16)6-17/h7-8,17H,2-6H2,1H3,(H,13,14,15). The smallest absolute Gasteiger partial charge is 0.148 e. The average molecular weight is 301 g/mol. The molecule has 0 amide bonds. The van der Waals surface area contributed by atoms with Crippen LogP contribution in [0.25, 0.3) is 0 Å². The molecule has 1 saturated heterocycles. The number of nitrogens with zero attached hydrogens (tertiary/aromatic N) is 3. The number of hydrogen-bond acceptors (Lipinski definition) is 5. The van der Waals surface area contributed by atoms with E-state index in [1.807, 2.05) is 6.92 Å². The van der Waals surface area contributed by atoms with Gasteiger partial charge in [0.1, 0.15) is 22.4 Å². The Morgan fingerprint density at radius 1 is 1.59 bits per heavy atom. The Balaban J connectivity index is 2.18. The van der Waals surface area contributed by atoms with E-state index in [0.717, 1.165) is 42.2 Å². The molecule has 0 saturated carbocycles. The van der Waals surface area contributed by atoms with Gasteiger partial charge in [-0.15, -0.1) is 0 Å². The van der Waals surface area contributed by atoms with E-state index in [2.05, 4.69) is 36.1 Å². The molecule has 1 aliphatic heterocycles. The zero-order valence-electron chi connectivity index (χ0n) is 9.86. The molecule has 0 radical (unpaired) electrons. The maximum Gasteiger partial charge on any atom is 0.148 e. The number of halogens is 1. The number of aromatic nitrogens is 2. The van der Waals surface area contributed by atoms with E-state index in [1.165, 1.54) is 0 Å². The fourth-order valence-electron chi connectivity index (χ4n) is 2.05. The molecule has 1 atom stereocenters. The van der Waals surface area contributed by atoms with Crippen molar-refractivity contribution >= 4 is 27.6 Å². The zero-order valence-corrected chi connectivity index (χ0v) is 11.4. The third-order valence-electron chi connectivity index (χ3n) is 2.96. The van der Waals surface area contributed by atoms with Crippen LogP contribution in [0.1, 0.15) is 13.3 Å². The Bertz CT molecular complexity index is 388. The molecular formula is C11H17BrN4O. The van der Waals surface area contributed by atoms with Crippen LogP contribution in [0.2, 0.25) is 0 Å². The summed E-state index contributed by atoms with van der Waals surface area (Å²) in [5.74, 6) is 2.09. The van der Waals surface area contributed by atoms with Crippen molar-refractivity contribution in [2.24, 2.45) is 5.92 Å². The Labute approximate surface area is 109 Å². The van der Waals surface area contributed by atoms with Gasteiger partial charge in [0.05, 0.1) is 0 Å². The van der Waals surface area contributed by atoms with Gasteiger partial charge in [-0.25, -0.2) is 9.97 Å². The highest BCUT2D eigenvalue weighted by Gasteiger charge is 2.25. The molecule has 0 spiro atoms. The van der Waals surface area contributed by atoms with Gasteiger partial charge in [0.15, 0.2) is 0 Å². The minimum Gasteiger partial charge on any atom is -0.396 e. The van der Waals surface area contributed by atoms with Crippen LogP contribution in [0, 0.1) is 5.92 Å². The van der Waals surface area contributed by atoms with E-state index >= 15 is 0 Å². The third kappa shape index (κ3) is 2.69. The van der Waals surface area contributed by atoms with Gasteiger partial charge in [-0.05, 0) is 29.3 Å². The Morgan fingerprint density at radius 2 is 2.41 bits per heavy atom. The van der Waals surface area contributed by atoms with Crippen molar-refractivity contribution in [2.45, 2.75) is 13.3 Å². The number of hydrogen-bond donors (Lipinski definition) is 2. The van der Waals surface area contributed by atoms with Crippen LogP contribution in [0.5, 0.6) is 0 Å². The highest BCUT2D eigenvalue weighted by molar-refractivity contribution is 9.10. The SMILES string of the molecule is CCNc1ncnc(N2CCC(CO)C2)c1Br. The van der Waals surface area contributed by atoms with Crippen LogP contribution in [0.3, 0.4) is 0 Å².